The third-order valence-corrected chi connectivity index (χ3v) is 3.77. The first kappa shape index (κ1) is 16.2. The van der Waals surface area contributed by atoms with Gasteiger partial charge in [0.15, 0.2) is 5.78 Å². The molecule has 116 valence electrons. The van der Waals surface area contributed by atoms with E-state index < -0.39 is 0 Å². The number of benzene rings is 2. The molecular formula is C19H21FO2. The quantitative estimate of drug-likeness (QED) is 0.671. The minimum atomic E-state index is -0.279. The van der Waals surface area contributed by atoms with E-state index >= 15 is 0 Å². The molecule has 2 aromatic rings. The Morgan fingerprint density at radius 3 is 2.50 bits per heavy atom. The number of hydrogen-bond acceptors (Lipinski definition) is 2. The lowest BCUT2D eigenvalue weighted by Crippen LogP contribution is -2.13. The first-order chi connectivity index (χ1) is 10.6. The van der Waals surface area contributed by atoms with Crippen molar-refractivity contribution in [3.63, 3.8) is 0 Å². The van der Waals surface area contributed by atoms with Crippen LogP contribution in [0, 0.1) is 11.7 Å². The van der Waals surface area contributed by atoms with Crippen molar-refractivity contribution in [2.24, 2.45) is 5.92 Å². The second-order valence-corrected chi connectivity index (χ2v) is 5.32. The van der Waals surface area contributed by atoms with Crippen molar-refractivity contribution >= 4 is 5.78 Å². The molecule has 3 heteroatoms. The second-order valence-electron chi connectivity index (χ2n) is 5.32. The van der Waals surface area contributed by atoms with Crippen molar-refractivity contribution in [1.82, 2.24) is 0 Å². The summed E-state index contributed by atoms with van der Waals surface area (Å²) in [5.41, 5.74) is 1.43. The van der Waals surface area contributed by atoms with Crippen LogP contribution in [0.5, 0.6) is 5.75 Å². The Hall–Kier alpha value is -2.16. The van der Waals surface area contributed by atoms with Gasteiger partial charge in [0.25, 0.3) is 0 Å². The fourth-order valence-electron chi connectivity index (χ4n) is 2.43. The number of ketones is 1. The molecule has 2 rings (SSSR count). The molecule has 0 bridgehead atoms. The Kier molecular flexibility index (Phi) is 5.70. The molecule has 0 N–H and O–H groups in total. The highest BCUT2D eigenvalue weighted by atomic mass is 19.1. The standard InChI is InChI=1S/C19H21FO2/c1-3-15(4-2)19(21)16-8-6-10-18(12-16)22-13-14-7-5-9-17(20)11-14/h5-12,15H,3-4,13H2,1-2H3. The molecule has 2 nitrogen and oxygen atoms in total. The third kappa shape index (κ3) is 4.17. The molecule has 0 atom stereocenters. The van der Waals surface area contributed by atoms with Crippen LogP contribution in [0.25, 0.3) is 0 Å². The summed E-state index contributed by atoms with van der Waals surface area (Å²) in [6.07, 6.45) is 1.67. The zero-order valence-electron chi connectivity index (χ0n) is 13.0. The number of ether oxygens (including phenoxy) is 1. The van der Waals surface area contributed by atoms with E-state index in [2.05, 4.69) is 0 Å². The molecule has 22 heavy (non-hydrogen) atoms. The van der Waals surface area contributed by atoms with Gasteiger partial charge in [-0.25, -0.2) is 4.39 Å². The van der Waals surface area contributed by atoms with Crippen LogP contribution in [0.3, 0.4) is 0 Å². The molecule has 0 unspecified atom stereocenters. The van der Waals surface area contributed by atoms with Gasteiger partial charge < -0.3 is 4.74 Å². The number of Topliss-reactive ketones (excluding diaryl/α,β-unsaturated/α-hetero) is 1. The molecule has 0 saturated heterocycles. The van der Waals surface area contributed by atoms with E-state index in [4.69, 9.17) is 4.74 Å². The van der Waals surface area contributed by atoms with Crippen LogP contribution in [-0.4, -0.2) is 5.78 Å². The number of halogens is 1. The van der Waals surface area contributed by atoms with Crippen LogP contribution >= 0.6 is 0 Å². The highest BCUT2D eigenvalue weighted by molar-refractivity contribution is 5.98. The summed E-state index contributed by atoms with van der Waals surface area (Å²) in [6.45, 7) is 4.33. The zero-order chi connectivity index (χ0) is 15.9. The Morgan fingerprint density at radius 1 is 1.09 bits per heavy atom. The van der Waals surface area contributed by atoms with E-state index in [1.165, 1.54) is 12.1 Å². The maximum absolute atomic E-state index is 13.1. The molecule has 0 aliphatic carbocycles. The van der Waals surface area contributed by atoms with Crippen molar-refractivity contribution in [1.29, 1.82) is 0 Å². The molecule has 0 heterocycles. The fraction of sp³-hybridized carbons (Fsp3) is 0.316. The number of rotatable bonds is 7. The van der Waals surface area contributed by atoms with Crippen LogP contribution in [-0.2, 0) is 6.61 Å². The Labute approximate surface area is 130 Å². The van der Waals surface area contributed by atoms with E-state index in [1.54, 1.807) is 12.1 Å². The zero-order valence-corrected chi connectivity index (χ0v) is 13.0. The maximum atomic E-state index is 13.1. The minimum absolute atomic E-state index is 0.0541. The Morgan fingerprint density at radius 2 is 1.82 bits per heavy atom. The predicted octanol–water partition coefficient (Wildman–Crippen LogP) is 5.02. The van der Waals surface area contributed by atoms with Gasteiger partial charge in [-0.05, 0) is 42.7 Å². The summed E-state index contributed by atoms with van der Waals surface area (Å²) in [7, 11) is 0. The highest BCUT2D eigenvalue weighted by Crippen LogP contribution is 2.20. The first-order valence-corrected chi connectivity index (χ1v) is 7.65. The molecule has 2 aromatic carbocycles. The lowest BCUT2D eigenvalue weighted by atomic mass is 9.93. The van der Waals surface area contributed by atoms with Crippen LogP contribution in [0.15, 0.2) is 48.5 Å². The summed E-state index contributed by atoms with van der Waals surface area (Å²) in [5.74, 6) is 0.555. The predicted molar refractivity (Wildman–Crippen MR) is 85.6 cm³/mol. The monoisotopic (exact) mass is 300 g/mol. The van der Waals surface area contributed by atoms with E-state index in [-0.39, 0.29) is 24.1 Å². The molecule has 0 saturated carbocycles. The van der Waals surface area contributed by atoms with Gasteiger partial charge in [0.2, 0.25) is 0 Å². The van der Waals surface area contributed by atoms with Crippen molar-refractivity contribution in [3.8, 4) is 5.75 Å². The van der Waals surface area contributed by atoms with Crippen molar-refractivity contribution in [3.05, 3.63) is 65.5 Å². The molecule has 0 aliphatic rings. The molecule has 0 radical (unpaired) electrons. The molecule has 0 aliphatic heterocycles. The average molecular weight is 300 g/mol. The van der Waals surface area contributed by atoms with Crippen LogP contribution in [0.2, 0.25) is 0 Å². The van der Waals surface area contributed by atoms with E-state index in [0.29, 0.717) is 11.3 Å². The van der Waals surface area contributed by atoms with Crippen LogP contribution in [0.4, 0.5) is 4.39 Å². The second kappa shape index (κ2) is 7.74. The lowest BCUT2D eigenvalue weighted by Gasteiger charge is -2.12. The van der Waals surface area contributed by atoms with Crippen molar-refractivity contribution in [2.45, 2.75) is 33.3 Å². The third-order valence-electron chi connectivity index (χ3n) is 3.77. The van der Waals surface area contributed by atoms with Crippen molar-refractivity contribution in [2.75, 3.05) is 0 Å². The summed E-state index contributed by atoms with van der Waals surface area (Å²) in [4.78, 5) is 12.4. The van der Waals surface area contributed by atoms with Crippen molar-refractivity contribution < 1.29 is 13.9 Å². The van der Waals surface area contributed by atoms with E-state index in [1.807, 2.05) is 38.1 Å². The number of carbonyl (C=O) groups excluding carboxylic acids is 1. The Balaban J connectivity index is 2.07. The summed E-state index contributed by atoms with van der Waals surface area (Å²) >= 11 is 0. The summed E-state index contributed by atoms with van der Waals surface area (Å²) in [6, 6.07) is 13.5. The van der Waals surface area contributed by atoms with Gasteiger partial charge in [-0.1, -0.05) is 38.1 Å². The van der Waals surface area contributed by atoms with Gasteiger partial charge in [-0.2, -0.15) is 0 Å². The minimum Gasteiger partial charge on any atom is -0.489 e. The fourth-order valence-corrected chi connectivity index (χ4v) is 2.43. The Bertz CT molecular complexity index is 633. The van der Waals surface area contributed by atoms with Gasteiger partial charge in [0.05, 0.1) is 0 Å². The average Bonchev–Trinajstić information content (AvgIpc) is 2.54. The molecule has 0 fully saturated rings. The first-order valence-electron chi connectivity index (χ1n) is 7.65. The largest absolute Gasteiger partial charge is 0.489 e. The highest BCUT2D eigenvalue weighted by Gasteiger charge is 2.16. The molecule has 0 aromatic heterocycles. The van der Waals surface area contributed by atoms with Crippen LogP contribution < -0.4 is 4.74 Å². The smallest absolute Gasteiger partial charge is 0.166 e. The summed E-state index contributed by atoms with van der Waals surface area (Å²) in [5, 5.41) is 0. The maximum Gasteiger partial charge on any atom is 0.166 e. The van der Waals surface area contributed by atoms with Gasteiger partial charge >= 0.3 is 0 Å². The number of hydrogen-bond donors (Lipinski definition) is 0. The molecule has 0 spiro atoms. The van der Waals surface area contributed by atoms with Gasteiger partial charge in [-0.15, -0.1) is 0 Å². The number of carbonyl (C=O) groups is 1. The SMILES string of the molecule is CCC(CC)C(=O)c1cccc(OCc2cccc(F)c2)c1. The van der Waals surface area contributed by atoms with E-state index in [0.717, 1.165) is 18.4 Å². The van der Waals surface area contributed by atoms with Gasteiger partial charge in [0, 0.05) is 11.5 Å². The van der Waals surface area contributed by atoms with Gasteiger partial charge in [0.1, 0.15) is 18.2 Å². The van der Waals surface area contributed by atoms with Crippen LogP contribution in [0.1, 0.15) is 42.6 Å². The molecule has 0 amide bonds. The summed E-state index contributed by atoms with van der Waals surface area (Å²) < 4.78 is 18.8. The lowest BCUT2D eigenvalue weighted by molar-refractivity contribution is 0.0913. The molecular weight excluding hydrogens is 279 g/mol. The van der Waals surface area contributed by atoms with E-state index in [9.17, 15) is 9.18 Å². The topological polar surface area (TPSA) is 26.3 Å². The normalized spacial score (nSPS) is 10.7. The van der Waals surface area contributed by atoms with Gasteiger partial charge in [-0.3, -0.25) is 4.79 Å².